The highest BCUT2D eigenvalue weighted by atomic mass is 32.1. The van der Waals surface area contributed by atoms with E-state index >= 15 is 0 Å². The first-order valence-electron chi connectivity index (χ1n) is 6.40. The molecule has 5 N–H and O–H groups in total. The number of fused-ring (bicyclic) bond motifs is 1. The molecule has 0 aliphatic carbocycles. The number of nitrogens with zero attached hydrogens (tertiary/aromatic N) is 1. The Labute approximate surface area is 123 Å². The molecule has 106 valence electrons. The lowest BCUT2D eigenvalue weighted by Gasteiger charge is -2.24. The maximum Gasteiger partial charge on any atom is 0.472 e. The fourth-order valence-corrected chi connectivity index (χ4v) is 2.40. The molecule has 5 nitrogen and oxygen atoms in total. The largest absolute Gasteiger partial charge is 0.472 e. The number of hydrogen-bond acceptors (Lipinski definition) is 4. The van der Waals surface area contributed by atoms with Crippen LogP contribution in [0, 0.1) is 0 Å². The highest BCUT2D eigenvalue weighted by Crippen LogP contribution is 2.19. The number of nitrogens with two attached hydrogens (primary N) is 1. The summed E-state index contributed by atoms with van der Waals surface area (Å²) in [6, 6.07) is 7.67. The first-order valence-corrected chi connectivity index (χ1v) is 6.81. The third kappa shape index (κ3) is 3.37. The Morgan fingerprint density at radius 2 is 2.15 bits per heavy atom. The Morgan fingerprint density at radius 3 is 2.85 bits per heavy atom. The number of H-pyrrole nitrogens is 1. The van der Waals surface area contributed by atoms with Gasteiger partial charge >= 0.3 is 7.12 Å². The zero-order valence-electron chi connectivity index (χ0n) is 11.3. The predicted octanol–water partition coefficient (Wildman–Crippen LogP) is 0.309. The van der Waals surface area contributed by atoms with Gasteiger partial charge in [0.1, 0.15) is 0 Å². The van der Waals surface area contributed by atoms with Crippen LogP contribution in [0.4, 0.5) is 0 Å². The van der Waals surface area contributed by atoms with Crippen molar-refractivity contribution >= 4 is 35.2 Å². The molecule has 2 aromatic rings. The van der Waals surface area contributed by atoms with E-state index in [1.807, 2.05) is 30.5 Å². The highest BCUT2D eigenvalue weighted by Gasteiger charge is 2.19. The summed E-state index contributed by atoms with van der Waals surface area (Å²) >= 11 is 5.28. The van der Waals surface area contributed by atoms with Crippen LogP contribution in [0.15, 0.2) is 30.5 Å². The van der Waals surface area contributed by atoms with Gasteiger partial charge in [-0.1, -0.05) is 30.4 Å². The fraction of sp³-hybridized carbons (Fsp3) is 0.308. The Kier molecular flexibility index (Phi) is 4.77. The van der Waals surface area contributed by atoms with Crippen LogP contribution < -0.4 is 5.73 Å². The number of aromatic amines is 1. The molecule has 0 fully saturated rings. The van der Waals surface area contributed by atoms with Gasteiger partial charge in [0.15, 0.2) is 0 Å². The maximum absolute atomic E-state index is 8.96. The summed E-state index contributed by atoms with van der Waals surface area (Å²) in [5, 5.41) is 19.1. The Morgan fingerprint density at radius 1 is 1.45 bits per heavy atom. The van der Waals surface area contributed by atoms with Crippen molar-refractivity contribution in [3.63, 3.8) is 0 Å². The number of likely N-dealkylation sites (N-methyl/N-ethyl adjacent to an activating group) is 1. The highest BCUT2D eigenvalue weighted by molar-refractivity contribution is 7.80. The van der Waals surface area contributed by atoms with E-state index in [1.165, 1.54) is 0 Å². The third-order valence-electron chi connectivity index (χ3n) is 3.25. The summed E-state index contributed by atoms with van der Waals surface area (Å²) in [6.07, 6.45) is 2.60. The number of hydrogen-bond donors (Lipinski definition) is 4. The van der Waals surface area contributed by atoms with Crippen molar-refractivity contribution in [3.05, 3.63) is 36.0 Å². The van der Waals surface area contributed by atoms with E-state index in [1.54, 1.807) is 11.9 Å². The number of para-hydroxylation sites is 1. The van der Waals surface area contributed by atoms with Crippen molar-refractivity contribution in [2.45, 2.75) is 12.5 Å². The molecule has 0 bridgehead atoms. The topological polar surface area (TPSA) is 85.5 Å². The van der Waals surface area contributed by atoms with Gasteiger partial charge in [-0.25, -0.2) is 0 Å². The molecule has 0 aliphatic rings. The smallest absolute Gasteiger partial charge is 0.426 e. The summed E-state index contributed by atoms with van der Waals surface area (Å²) in [5.41, 5.74) is 8.29. The lowest BCUT2D eigenvalue weighted by molar-refractivity contribution is 0.377. The van der Waals surface area contributed by atoms with Crippen molar-refractivity contribution in [1.29, 1.82) is 0 Å². The molecule has 0 unspecified atom stereocenters. The Balaban J connectivity index is 2.07. The molecular formula is C13H18BN3O2S. The second-order valence-corrected chi connectivity index (χ2v) is 5.29. The van der Waals surface area contributed by atoms with Crippen LogP contribution in [0.1, 0.15) is 5.56 Å². The van der Waals surface area contributed by atoms with Gasteiger partial charge in [-0.15, -0.1) is 0 Å². The van der Waals surface area contributed by atoms with E-state index in [-0.39, 0.29) is 12.5 Å². The van der Waals surface area contributed by atoms with E-state index < -0.39 is 7.12 Å². The summed E-state index contributed by atoms with van der Waals surface area (Å²) in [7, 11) is 0.287. The number of aromatic nitrogens is 1. The molecule has 20 heavy (non-hydrogen) atoms. The van der Waals surface area contributed by atoms with Crippen molar-refractivity contribution < 1.29 is 10.0 Å². The van der Waals surface area contributed by atoms with Crippen molar-refractivity contribution in [2.24, 2.45) is 5.73 Å². The van der Waals surface area contributed by atoms with Gasteiger partial charge < -0.3 is 25.7 Å². The molecule has 0 radical (unpaired) electrons. The predicted molar refractivity (Wildman–Crippen MR) is 85.4 cm³/mol. The minimum absolute atomic E-state index is 0.0560. The van der Waals surface area contributed by atoms with Gasteiger partial charge in [-0.05, 0) is 18.1 Å². The lowest BCUT2D eigenvalue weighted by Crippen LogP contribution is -2.45. The van der Waals surface area contributed by atoms with E-state index in [4.69, 9.17) is 28.0 Å². The van der Waals surface area contributed by atoms with Crippen LogP contribution in [0.5, 0.6) is 0 Å². The summed E-state index contributed by atoms with van der Waals surface area (Å²) in [4.78, 5) is 5.32. The van der Waals surface area contributed by atoms with Gasteiger partial charge in [-0.3, -0.25) is 0 Å². The molecule has 0 saturated heterocycles. The quantitative estimate of drug-likeness (QED) is 0.470. The summed E-state index contributed by atoms with van der Waals surface area (Å²) in [6.45, 7) is 0. The number of rotatable bonds is 5. The molecule has 7 heteroatoms. The number of benzene rings is 1. The van der Waals surface area contributed by atoms with Gasteiger partial charge in [0.2, 0.25) is 0 Å². The maximum atomic E-state index is 8.96. The first kappa shape index (κ1) is 15.0. The molecule has 0 aliphatic heterocycles. The zero-order valence-corrected chi connectivity index (χ0v) is 12.1. The summed E-state index contributed by atoms with van der Waals surface area (Å²) in [5.74, 6) is 0. The van der Waals surface area contributed by atoms with E-state index in [2.05, 4.69) is 4.98 Å². The first-order chi connectivity index (χ1) is 9.49. The molecule has 1 aromatic carbocycles. The van der Waals surface area contributed by atoms with E-state index in [9.17, 15) is 0 Å². The van der Waals surface area contributed by atoms with Crippen molar-refractivity contribution in [2.75, 3.05) is 13.5 Å². The molecule has 0 saturated carbocycles. The monoisotopic (exact) mass is 291 g/mol. The van der Waals surface area contributed by atoms with E-state index in [0.29, 0.717) is 11.4 Å². The molecule has 1 heterocycles. The van der Waals surface area contributed by atoms with Gasteiger partial charge in [-0.2, -0.15) is 0 Å². The van der Waals surface area contributed by atoms with Crippen LogP contribution >= 0.6 is 12.2 Å². The Hall–Kier alpha value is -1.41. The SMILES string of the molecule is CN(CB(O)O)C(=S)[C@@H](N)Cc1c[nH]c2ccccc12. The molecule has 0 amide bonds. The van der Waals surface area contributed by atoms with Crippen LogP contribution in [-0.2, 0) is 6.42 Å². The van der Waals surface area contributed by atoms with Crippen LogP contribution in [0.3, 0.4) is 0 Å². The Bertz CT molecular complexity index is 602. The van der Waals surface area contributed by atoms with Crippen LogP contribution in [-0.4, -0.2) is 51.6 Å². The normalized spacial score (nSPS) is 12.4. The lowest BCUT2D eigenvalue weighted by atomic mass is 9.91. The standard InChI is InChI=1S/C13H18BN3O2S/c1-17(8-14(18)19)13(20)11(15)6-9-7-16-12-5-3-2-4-10(9)12/h2-5,7,11,16,18-19H,6,8,15H2,1H3/t11-/m0/s1. The fourth-order valence-electron chi connectivity index (χ4n) is 2.24. The van der Waals surface area contributed by atoms with Gasteiger partial charge in [0, 0.05) is 24.1 Å². The van der Waals surface area contributed by atoms with Crippen molar-refractivity contribution in [3.8, 4) is 0 Å². The van der Waals surface area contributed by atoms with Crippen LogP contribution in [0.2, 0.25) is 0 Å². The average Bonchev–Trinajstić information content (AvgIpc) is 2.80. The molecule has 2 rings (SSSR count). The van der Waals surface area contributed by atoms with Gasteiger partial charge in [0.25, 0.3) is 0 Å². The minimum Gasteiger partial charge on any atom is -0.426 e. The molecule has 1 atom stereocenters. The average molecular weight is 291 g/mol. The third-order valence-corrected chi connectivity index (χ3v) is 3.86. The van der Waals surface area contributed by atoms with Gasteiger partial charge in [0.05, 0.1) is 17.5 Å². The molecule has 0 spiro atoms. The van der Waals surface area contributed by atoms with E-state index in [0.717, 1.165) is 16.5 Å². The number of thiocarbonyl (C=S) groups is 1. The molecular weight excluding hydrogens is 273 g/mol. The van der Waals surface area contributed by atoms with Crippen LogP contribution in [0.25, 0.3) is 10.9 Å². The number of nitrogens with one attached hydrogen (secondary N) is 1. The minimum atomic E-state index is -1.42. The zero-order chi connectivity index (χ0) is 14.7. The summed E-state index contributed by atoms with van der Waals surface area (Å²) < 4.78 is 0. The van der Waals surface area contributed by atoms with Crippen molar-refractivity contribution in [1.82, 2.24) is 9.88 Å². The second kappa shape index (κ2) is 6.36. The second-order valence-electron chi connectivity index (χ2n) is 4.87. The molecule has 1 aromatic heterocycles.